The molecular weight excluding hydrogens is 270 g/mol. The van der Waals surface area contributed by atoms with Crippen molar-refractivity contribution in [2.45, 2.75) is 26.4 Å². The molecule has 4 nitrogen and oxygen atoms in total. The van der Waals surface area contributed by atoms with Crippen molar-refractivity contribution in [2.24, 2.45) is 10.9 Å². The molecule has 0 fully saturated rings. The fraction of sp³-hybridized carbons (Fsp3) is 0.267. The van der Waals surface area contributed by atoms with Crippen molar-refractivity contribution < 1.29 is 5.21 Å². The van der Waals surface area contributed by atoms with Crippen LogP contribution in [0.25, 0.3) is 0 Å². The maximum atomic E-state index is 8.94. The average molecular weight is 289 g/mol. The number of hydrogen-bond donors (Lipinski definition) is 2. The number of para-hydroxylation sites is 1. The number of hydrogen-bond acceptors (Lipinski definition) is 4. The van der Waals surface area contributed by atoms with E-state index in [0.29, 0.717) is 6.04 Å². The van der Waals surface area contributed by atoms with Gasteiger partial charge >= 0.3 is 0 Å². The highest BCUT2D eigenvalue weighted by Crippen LogP contribution is 2.25. The summed E-state index contributed by atoms with van der Waals surface area (Å²) in [7, 11) is 0. The molecular formula is C15H19N3OS. The highest BCUT2D eigenvalue weighted by atomic mass is 32.1. The zero-order valence-corrected chi connectivity index (χ0v) is 12.5. The average Bonchev–Trinajstić information content (AvgIpc) is 2.96. The van der Waals surface area contributed by atoms with Gasteiger partial charge in [-0.3, -0.25) is 0 Å². The zero-order chi connectivity index (χ0) is 14.5. The summed E-state index contributed by atoms with van der Waals surface area (Å²) in [6.45, 7) is 5.08. The highest BCUT2D eigenvalue weighted by molar-refractivity contribution is 7.09. The van der Waals surface area contributed by atoms with Gasteiger partial charge in [-0.2, -0.15) is 0 Å². The molecule has 106 valence electrons. The van der Waals surface area contributed by atoms with E-state index in [9.17, 15) is 0 Å². The van der Waals surface area contributed by atoms with E-state index in [-0.39, 0.29) is 5.84 Å². The standard InChI is InChI=1S/C15H19N3OS/c1-11(2)18(10-12-6-5-9-20-12)14-8-4-3-7-13(14)15(16)17-19/h3-9,11,19H,10H2,1-2H3,(H2,16,17). The molecule has 1 aromatic carbocycles. The molecule has 0 aliphatic rings. The van der Waals surface area contributed by atoms with Gasteiger partial charge in [0.05, 0.1) is 6.54 Å². The van der Waals surface area contributed by atoms with Crippen LogP contribution in [0.5, 0.6) is 0 Å². The summed E-state index contributed by atoms with van der Waals surface area (Å²) >= 11 is 1.73. The number of anilines is 1. The molecule has 2 rings (SSSR count). The fourth-order valence-electron chi connectivity index (χ4n) is 2.11. The molecule has 0 bridgehead atoms. The minimum Gasteiger partial charge on any atom is -0.409 e. The molecule has 0 aliphatic heterocycles. The third-order valence-corrected chi connectivity index (χ3v) is 3.99. The van der Waals surface area contributed by atoms with Crippen molar-refractivity contribution in [3.8, 4) is 0 Å². The molecule has 0 saturated carbocycles. The summed E-state index contributed by atoms with van der Waals surface area (Å²) in [4.78, 5) is 3.53. The molecule has 0 spiro atoms. The first kappa shape index (κ1) is 14.4. The van der Waals surface area contributed by atoms with Gasteiger partial charge < -0.3 is 15.8 Å². The maximum Gasteiger partial charge on any atom is 0.172 e. The lowest BCUT2D eigenvalue weighted by Gasteiger charge is -2.30. The first-order chi connectivity index (χ1) is 9.63. The zero-order valence-electron chi connectivity index (χ0n) is 11.7. The topological polar surface area (TPSA) is 61.8 Å². The number of nitrogens with zero attached hydrogens (tertiary/aromatic N) is 2. The number of thiophene rings is 1. The van der Waals surface area contributed by atoms with Gasteiger partial charge in [0.1, 0.15) is 0 Å². The van der Waals surface area contributed by atoms with Gasteiger partial charge in [0.2, 0.25) is 0 Å². The van der Waals surface area contributed by atoms with E-state index >= 15 is 0 Å². The summed E-state index contributed by atoms with van der Waals surface area (Å²) in [5, 5.41) is 14.1. The van der Waals surface area contributed by atoms with Crippen molar-refractivity contribution in [2.75, 3.05) is 4.90 Å². The number of benzene rings is 1. The molecule has 20 heavy (non-hydrogen) atoms. The van der Waals surface area contributed by atoms with Gasteiger partial charge in [0.15, 0.2) is 5.84 Å². The molecule has 0 unspecified atom stereocenters. The predicted molar refractivity (Wildman–Crippen MR) is 84.6 cm³/mol. The quantitative estimate of drug-likeness (QED) is 0.384. The van der Waals surface area contributed by atoms with Gasteiger partial charge in [-0.15, -0.1) is 11.3 Å². The lowest BCUT2D eigenvalue weighted by atomic mass is 10.1. The predicted octanol–water partition coefficient (Wildman–Crippen LogP) is 3.26. The van der Waals surface area contributed by atoms with E-state index in [1.54, 1.807) is 11.3 Å². The Kier molecular flexibility index (Phi) is 4.63. The summed E-state index contributed by atoms with van der Waals surface area (Å²) in [5.41, 5.74) is 7.51. The van der Waals surface area contributed by atoms with Crippen LogP contribution in [0.2, 0.25) is 0 Å². The van der Waals surface area contributed by atoms with Crippen LogP contribution in [0.15, 0.2) is 46.9 Å². The Morgan fingerprint density at radius 1 is 1.30 bits per heavy atom. The van der Waals surface area contributed by atoms with E-state index in [4.69, 9.17) is 10.9 Å². The first-order valence-electron chi connectivity index (χ1n) is 6.49. The van der Waals surface area contributed by atoms with Crippen molar-refractivity contribution in [1.82, 2.24) is 0 Å². The molecule has 0 aliphatic carbocycles. The van der Waals surface area contributed by atoms with Crippen LogP contribution in [-0.2, 0) is 6.54 Å². The summed E-state index contributed by atoms with van der Waals surface area (Å²) in [5.74, 6) is 0.137. The molecule has 0 saturated heterocycles. The molecule has 5 heteroatoms. The second kappa shape index (κ2) is 6.43. The fourth-order valence-corrected chi connectivity index (χ4v) is 2.81. The van der Waals surface area contributed by atoms with Crippen LogP contribution in [0.3, 0.4) is 0 Å². The van der Waals surface area contributed by atoms with E-state index in [0.717, 1.165) is 17.8 Å². The Bertz CT molecular complexity index is 579. The Labute approximate surface area is 123 Å². The van der Waals surface area contributed by atoms with Crippen molar-refractivity contribution in [3.63, 3.8) is 0 Å². The van der Waals surface area contributed by atoms with Crippen LogP contribution < -0.4 is 10.6 Å². The largest absolute Gasteiger partial charge is 0.409 e. The molecule has 3 N–H and O–H groups in total. The molecule has 0 atom stereocenters. The molecule has 1 heterocycles. The summed E-state index contributed by atoms with van der Waals surface area (Å²) in [6, 6.07) is 12.2. The third kappa shape index (κ3) is 3.11. The van der Waals surface area contributed by atoms with Crippen LogP contribution in [0.4, 0.5) is 5.69 Å². The number of amidine groups is 1. The van der Waals surface area contributed by atoms with Gasteiger partial charge in [-0.25, -0.2) is 0 Å². The third-order valence-electron chi connectivity index (χ3n) is 3.13. The minimum absolute atomic E-state index is 0.137. The molecule has 2 aromatic rings. The maximum absolute atomic E-state index is 8.94. The first-order valence-corrected chi connectivity index (χ1v) is 7.37. The Balaban J connectivity index is 2.39. The summed E-state index contributed by atoms with van der Waals surface area (Å²) in [6.07, 6.45) is 0. The number of rotatable bonds is 5. The van der Waals surface area contributed by atoms with E-state index in [1.165, 1.54) is 4.88 Å². The van der Waals surface area contributed by atoms with Crippen molar-refractivity contribution in [3.05, 3.63) is 52.2 Å². The van der Waals surface area contributed by atoms with E-state index in [2.05, 4.69) is 35.3 Å². The van der Waals surface area contributed by atoms with Gasteiger partial charge in [0.25, 0.3) is 0 Å². The van der Waals surface area contributed by atoms with Gasteiger partial charge in [0, 0.05) is 22.2 Å². The van der Waals surface area contributed by atoms with Gasteiger partial charge in [-0.05, 0) is 37.4 Å². The second-order valence-electron chi connectivity index (χ2n) is 4.80. The lowest BCUT2D eigenvalue weighted by Crippen LogP contribution is -2.32. The van der Waals surface area contributed by atoms with Crippen molar-refractivity contribution >= 4 is 22.9 Å². The van der Waals surface area contributed by atoms with E-state index in [1.807, 2.05) is 30.3 Å². The Morgan fingerprint density at radius 2 is 2.05 bits per heavy atom. The number of nitrogens with two attached hydrogens (primary N) is 1. The summed E-state index contributed by atoms with van der Waals surface area (Å²) < 4.78 is 0. The normalized spacial score (nSPS) is 11.8. The molecule has 0 radical (unpaired) electrons. The SMILES string of the molecule is CC(C)N(Cc1cccs1)c1ccccc1C(N)=NO. The monoisotopic (exact) mass is 289 g/mol. The number of oxime groups is 1. The highest BCUT2D eigenvalue weighted by Gasteiger charge is 2.17. The van der Waals surface area contributed by atoms with Crippen LogP contribution >= 0.6 is 11.3 Å². The smallest absolute Gasteiger partial charge is 0.172 e. The second-order valence-corrected chi connectivity index (χ2v) is 5.84. The van der Waals surface area contributed by atoms with E-state index < -0.39 is 0 Å². The molecule has 0 amide bonds. The Morgan fingerprint density at radius 3 is 2.65 bits per heavy atom. The lowest BCUT2D eigenvalue weighted by molar-refractivity contribution is 0.318. The van der Waals surface area contributed by atoms with Crippen LogP contribution in [0, 0.1) is 0 Å². The minimum atomic E-state index is 0.137. The van der Waals surface area contributed by atoms with Crippen molar-refractivity contribution in [1.29, 1.82) is 0 Å². The van der Waals surface area contributed by atoms with Crippen LogP contribution in [0.1, 0.15) is 24.3 Å². The van der Waals surface area contributed by atoms with Crippen LogP contribution in [-0.4, -0.2) is 17.1 Å². The molecule has 1 aromatic heterocycles. The Hall–Kier alpha value is -2.01. The van der Waals surface area contributed by atoms with Gasteiger partial charge in [-0.1, -0.05) is 23.4 Å².